The van der Waals surface area contributed by atoms with E-state index in [1.165, 1.54) is 4.31 Å². The number of hydrogen-bond acceptors (Lipinski definition) is 3. The third kappa shape index (κ3) is 5.97. The summed E-state index contributed by atoms with van der Waals surface area (Å²) in [6.45, 7) is 3.61. The van der Waals surface area contributed by atoms with Gasteiger partial charge in [0.15, 0.2) is 0 Å². The Labute approximate surface area is 155 Å². The van der Waals surface area contributed by atoms with Crippen molar-refractivity contribution in [1.82, 2.24) is 9.62 Å². The average molecular weight is 387 g/mol. The number of halogens is 1. The van der Waals surface area contributed by atoms with Gasteiger partial charge < -0.3 is 5.32 Å². The van der Waals surface area contributed by atoms with Gasteiger partial charge in [0.1, 0.15) is 0 Å². The molecule has 1 saturated heterocycles. The minimum atomic E-state index is -3.42. The summed E-state index contributed by atoms with van der Waals surface area (Å²) in [7, 11) is -3.42. The lowest BCUT2D eigenvalue weighted by Gasteiger charge is -2.30. The third-order valence-electron chi connectivity index (χ3n) is 4.59. The molecule has 25 heavy (non-hydrogen) atoms. The van der Waals surface area contributed by atoms with E-state index in [1.807, 2.05) is 0 Å². The van der Waals surface area contributed by atoms with Gasteiger partial charge in [-0.3, -0.25) is 4.79 Å². The van der Waals surface area contributed by atoms with E-state index in [1.54, 1.807) is 24.3 Å². The van der Waals surface area contributed by atoms with Crippen LogP contribution in [0.5, 0.6) is 0 Å². The molecule has 1 N–H and O–H groups in total. The first-order valence-corrected chi connectivity index (χ1v) is 10.9. The predicted octanol–water partition coefficient (Wildman–Crippen LogP) is 3.19. The van der Waals surface area contributed by atoms with Gasteiger partial charge in [-0.25, -0.2) is 12.7 Å². The molecule has 7 heteroatoms. The highest BCUT2D eigenvalue weighted by molar-refractivity contribution is 7.88. The molecule has 1 amide bonds. The SMILES string of the molecule is CCCCCNC(=O)C1CCN(S(=O)(=O)Cc2ccccc2Cl)CC1. The van der Waals surface area contributed by atoms with E-state index in [0.717, 1.165) is 19.3 Å². The first-order chi connectivity index (χ1) is 11.9. The van der Waals surface area contributed by atoms with Crippen molar-refractivity contribution in [3.05, 3.63) is 34.9 Å². The van der Waals surface area contributed by atoms with Gasteiger partial charge in [-0.05, 0) is 30.9 Å². The van der Waals surface area contributed by atoms with Crippen LogP contribution in [0.2, 0.25) is 5.02 Å². The van der Waals surface area contributed by atoms with Gasteiger partial charge in [0.05, 0.1) is 5.75 Å². The van der Waals surface area contributed by atoms with Crippen LogP contribution in [0.3, 0.4) is 0 Å². The van der Waals surface area contributed by atoms with Crippen molar-refractivity contribution in [2.24, 2.45) is 5.92 Å². The molecular formula is C18H27ClN2O3S. The summed E-state index contributed by atoms with van der Waals surface area (Å²) in [6, 6.07) is 6.99. The van der Waals surface area contributed by atoms with Crippen LogP contribution < -0.4 is 5.32 Å². The highest BCUT2D eigenvalue weighted by atomic mass is 35.5. The molecule has 0 unspecified atom stereocenters. The number of piperidine rings is 1. The number of nitrogens with one attached hydrogen (secondary N) is 1. The van der Waals surface area contributed by atoms with Gasteiger partial charge in [-0.1, -0.05) is 49.6 Å². The molecule has 0 aliphatic carbocycles. The Morgan fingerprint density at radius 3 is 2.56 bits per heavy atom. The van der Waals surface area contributed by atoms with Crippen LogP contribution in [0.15, 0.2) is 24.3 Å². The van der Waals surface area contributed by atoms with Gasteiger partial charge in [0.25, 0.3) is 0 Å². The zero-order chi connectivity index (χ0) is 18.3. The number of hydrogen-bond donors (Lipinski definition) is 1. The van der Waals surface area contributed by atoms with E-state index in [9.17, 15) is 13.2 Å². The quantitative estimate of drug-likeness (QED) is 0.697. The third-order valence-corrected chi connectivity index (χ3v) is 6.79. The van der Waals surface area contributed by atoms with E-state index in [4.69, 9.17) is 11.6 Å². The molecular weight excluding hydrogens is 360 g/mol. The van der Waals surface area contributed by atoms with Crippen molar-refractivity contribution in [1.29, 1.82) is 0 Å². The molecule has 1 fully saturated rings. The van der Waals surface area contributed by atoms with Crippen LogP contribution in [0.1, 0.15) is 44.6 Å². The Balaban J connectivity index is 1.84. The predicted molar refractivity (Wildman–Crippen MR) is 101 cm³/mol. The van der Waals surface area contributed by atoms with Crippen molar-refractivity contribution in [3.63, 3.8) is 0 Å². The topological polar surface area (TPSA) is 66.5 Å². The highest BCUT2D eigenvalue weighted by Gasteiger charge is 2.31. The second-order valence-electron chi connectivity index (χ2n) is 6.52. The van der Waals surface area contributed by atoms with Gasteiger partial charge in [-0.2, -0.15) is 0 Å². The number of nitrogens with zero attached hydrogens (tertiary/aromatic N) is 1. The minimum absolute atomic E-state index is 0.0549. The van der Waals surface area contributed by atoms with Crippen LogP contribution in [0.25, 0.3) is 0 Å². The van der Waals surface area contributed by atoms with Gasteiger partial charge in [-0.15, -0.1) is 0 Å². The van der Waals surface area contributed by atoms with E-state index >= 15 is 0 Å². The summed E-state index contributed by atoms with van der Waals surface area (Å²) in [4.78, 5) is 12.2. The molecule has 0 radical (unpaired) electrons. The average Bonchev–Trinajstić information content (AvgIpc) is 2.60. The van der Waals surface area contributed by atoms with Crippen molar-refractivity contribution >= 4 is 27.5 Å². The van der Waals surface area contributed by atoms with Gasteiger partial charge >= 0.3 is 0 Å². The molecule has 1 aliphatic rings. The summed E-state index contributed by atoms with van der Waals surface area (Å²) in [5.41, 5.74) is 0.611. The maximum Gasteiger partial charge on any atom is 0.223 e. The van der Waals surface area contributed by atoms with Crippen LogP contribution in [-0.2, 0) is 20.6 Å². The second kappa shape index (κ2) is 9.55. The fourth-order valence-electron chi connectivity index (χ4n) is 3.03. The Hall–Kier alpha value is -1.11. The molecule has 0 atom stereocenters. The van der Waals surface area contributed by atoms with Crippen LogP contribution >= 0.6 is 11.6 Å². The van der Waals surface area contributed by atoms with Crippen LogP contribution in [0, 0.1) is 5.92 Å². The number of rotatable bonds is 8. The molecule has 1 heterocycles. The molecule has 0 spiro atoms. The summed E-state index contributed by atoms with van der Waals surface area (Å²) < 4.78 is 26.7. The van der Waals surface area contributed by atoms with E-state index < -0.39 is 10.0 Å². The van der Waals surface area contributed by atoms with E-state index in [-0.39, 0.29) is 17.6 Å². The van der Waals surface area contributed by atoms with E-state index in [2.05, 4.69) is 12.2 Å². The number of amides is 1. The normalized spacial score (nSPS) is 16.7. The van der Waals surface area contributed by atoms with Crippen molar-refractivity contribution < 1.29 is 13.2 Å². The first-order valence-electron chi connectivity index (χ1n) is 8.93. The molecule has 0 aromatic heterocycles. The number of sulfonamides is 1. The monoisotopic (exact) mass is 386 g/mol. The molecule has 140 valence electrons. The Morgan fingerprint density at radius 2 is 1.92 bits per heavy atom. The van der Waals surface area contributed by atoms with Crippen molar-refractivity contribution in [2.75, 3.05) is 19.6 Å². The molecule has 0 bridgehead atoms. The van der Waals surface area contributed by atoms with Gasteiger partial charge in [0, 0.05) is 30.6 Å². The maximum atomic E-state index is 12.6. The molecule has 5 nitrogen and oxygen atoms in total. The standard InChI is InChI=1S/C18H27ClN2O3S/c1-2-3-6-11-20-18(22)15-9-12-21(13-10-15)25(23,24)14-16-7-4-5-8-17(16)19/h4-5,7-8,15H,2-3,6,9-14H2,1H3,(H,20,22). The molecule has 1 aromatic carbocycles. The number of unbranched alkanes of at least 4 members (excludes halogenated alkanes) is 2. The number of carbonyl (C=O) groups excluding carboxylic acids is 1. The van der Waals surface area contributed by atoms with Crippen LogP contribution in [-0.4, -0.2) is 38.3 Å². The van der Waals surface area contributed by atoms with Gasteiger partial charge in [0.2, 0.25) is 15.9 Å². The van der Waals surface area contributed by atoms with Crippen molar-refractivity contribution in [3.8, 4) is 0 Å². The summed E-state index contributed by atoms with van der Waals surface area (Å²) in [6.07, 6.45) is 4.37. The zero-order valence-corrected chi connectivity index (χ0v) is 16.3. The Morgan fingerprint density at radius 1 is 1.24 bits per heavy atom. The lowest BCUT2D eigenvalue weighted by Crippen LogP contribution is -2.43. The Kier molecular flexibility index (Phi) is 7.72. The summed E-state index contributed by atoms with van der Waals surface area (Å²) in [5.74, 6) is -0.131. The van der Waals surface area contributed by atoms with E-state index in [0.29, 0.717) is 43.1 Å². The molecule has 2 rings (SSSR count). The molecule has 1 aliphatic heterocycles. The maximum absolute atomic E-state index is 12.6. The Bertz CT molecular complexity index is 671. The minimum Gasteiger partial charge on any atom is -0.356 e. The first kappa shape index (κ1) is 20.2. The highest BCUT2D eigenvalue weighted by Crippen LogP contribution is 2.24. The fraction of sp³-hybridized carbons (Fsp3) is 0.611. The van der Waals surface area contributed by atoms with Crippen molar-refractivity contribution in [2.45, 2.75) is 44.8 Å². The fourth-order valence-corrected chi connectivity index (χ4v) is 4.91. The number of benzene rings is 1. The lowest BCUT2D eigenvalue weighted by molar-refractivity contribution is -0.126. The smallest absolute Gasteiger partial charge is 0.223 e. The van der Waals surface area contributed by atoms with Crippen LogP contribution in [0.4, 0.5) is 0 Å². The summed E-state index contributed by atoms with van der Waals surface area (Å²) >= 11 is 6.07. The zero-order valence-electron chi connectivity index (χ0n) is 14.7. The number of carbonyl (C=O) groups is 1. The second-order valence-corrected chi connectivity index (χ2v) is 8.90. The molecule has 0 saturated carbocycles. The molecule has 1 aromatic rings. The largest absolute Gasteiger partial charge is 0.356 e. The summed E-state index contributed by atoms with van der Waals surface area (Å²) in [5, 5.41) is 3.43. The lowest BCUT2D eigenvalue weighted by atomic mass is 9.97.